The molecule has 3 rings (SSSR count). The number of carbonyl (C=O) groups is 1. The number of amides is 1. The Morgan fingerprint density at radius 1 is 1.22 bits per heavy atom. The molecule has 0 fully saturated rings. The Labute approximate surface area is 185 Å². The Kier molecular flexibility index (Phi) is 7.09. The second-order valence-corrected chi connectivity index (χ2v) is 8.01. The van der Waals surface area contributed by atoms with E-state index in [2.05, 4.69) is 14.9 Å². The van der Waals surface area contributed by atoms with Crippen LogP contribution in [0.2, 0.25) is 0 Å². The summed E-state index contributed by atoms with van der Waals surface area (Å²) in [6.45, 7) is 1.46. The smallest absolute Gasteiger partial charge is 0.406 e. The number of likely N-dealkylation sites (N-methyl/N-ethyl adjacent to an activating group) is 1. The molecule has 3 aromatic rings. The lowest BCUT2D eigenvalue weighted by Gasteiger charge is -2.25. The van der Waals surface area contributed by atoms with Crippen molar-refractivity contribution >= 4 is 17.2 Å². The molecule has 0 saturated heterocycles. The first-order valence-corrected chi connectivity index (χ1v) is 10.3. The van der Waals surface area contributed by atoms with Crippen LogP contribution in [0, 0.1) is 5.82 Å². The zero-order valence-electron chi connectivity index (χ0n) is 17.2. The first-order chi connectivity index (χ1) is 15.1. The van der Waals surface area contributed by atoms with Gasteiger partial charge in [0.25, 0.3) is 0 Å². The molecule has 32 heavy (non-hydrogen) atoms. The number of rotatable bonds is 7. The molecule has 0 radical (unpaired) electrons. The number of halogens is 4. The van der Waals surface area contributed by atoms with Gasteiger partial charge in [-0.1, -0.05) is 35.6 Å². The standard InChI is InChI=1S/C21H20F4N4O2S/c1-12(30)29(2)18(9-13-6-7-15(11-26)17(22)8-13)20-28-27-19(32-20)14-4-3-5-16(10-14)31-21(23,24)25/h3-8,10,18H,9,11,26H2,1-2H3. The Hall–Kier alpha value is -3.05. The average molecular weight is 468 g/mol. The van der Waals surface area contributed by atoms with Gasteiger partial charge in [0.05, 0.1) is 6.04 Å². The van der Waals surface area contributed by atoms with Crippen LogP contribution in [0.4, 0.5) is 17.6 Å². The van der Waals surface area contributed by atoms with Gasteiger partial charge in [0.15, 0.2) is 0 Å². The number of carbonyl (C=O) groups excluding carboxylic acids is 1. The summed E-state index contributed by atoms with van der Waals surface area (Å²) < 4.78 is 55.7. The molecule has 1 atom stereocenters. The van der Waals surface area contributed by atoms with Gasteiger partial charge in [-0.15, -0.1) is 23.4 Å². The second-order valence-electron chi connectivity index (χ2n) is 7.00. The topological polar surface area (TPSA) is 81.3 Å². The fraction of sp³-hybridized carbons (Fsp3) is 0.286. The van der Waals surface area contributed by atoms with E-state index in [-0.39, 0.29) is 24.6 Å². The molecule has 0 aliphatic carbocycles. The highest BCUT2D eigenvalue weighted by molar-refractivity contribution is 7.14. The molecule has 2 N–H and O–H groups in total. The van der Waals surface area contributed by atoms with Crippen molar-refractivity contribution in [3.8, 4) is 16.3 Å². The number of alkyl halides is 3. The molecule has 0 bridgehead atoms. The van der Waals surface area contributed by atoms with Crippen molar-refractivity contribution < 1.29 is 27.1 Å². The van der Waals surface area contributed by atoms with E-state index in [1.54, 1.807) is 25.2 Å². The molecule has 1 heterocycles. The molecular weight excluding hydrogens is 448 g/mol. The number of benzene rings is 2. The summed E-state index contributed by atoms with van der Waals surface area (Å²) in [6.07, 6.45) is -4.54. The van der Waals surface area contributed by atoms with E-state index in [1.807, 2.05) is 0 Å². The quantitative estimate of drug-likeness (QED) is 0.518. The summed E-state index contributed by atoms with van der Waals surface area (Å²) in [7, 11) is 1.59. The van der Waals surface area contributed by atoms with Crippen molar-refractivity contribution in [3.63, 3.8) is 0 Å². The highest BCUT2D eigenvalue weighted by atomic mass is 32.1. The fourth-order valence-electron chi connectivity index (χ4n) is 3.03. The van der Waals surface area contributed by atoms with Crippen molar-refractivity contribution in [2.24, 2.45) is 5.73 Å². The first kappa shape index (κ1) is 23.6. The normalized spacial score (nSPS) is 12.5. The summed E-state index contributed by atoms with van der Waals surface area (Å²) in [4.78, 5) is 13.5. The van der Waals surface area contributed by atoms with Crippen LogP contribution in [-0.4, -0.2) is 34.4 Å². The Bertz CT molecular complexity index is 1100. The molecular formula is C21H20F4N4O2S. The number of hydrogen-bond acceptors (Lipinski definition) is 6. The number of hydrogen-bond donors (Lipinski definition) is 1. The van der Waals surface area contributed by atoms with Crippen LogP contribution in [0.5, 0.6) is 5.75 Å². The van der Waals surface area contributed by atoms with E-state index in [0.717, 1.165) is 11.3 Å². The average Bonchev–Trinajstić information content (AvgIpc) is 3.20. The van der Waals surface area contributed by atoms with Crippen LogP contribution < -0.4 is 10.5 Å². The minimum absolute atomic E-state index is 0.0692. The van der Waals surface area contributed by atoms with Gasteiger partial charge >= 0.3 is 6.36 Å². The third-order valence-corrected chi connectivity index (χ3v) is 5.84. The summed E-state index contributed by atoms with van der Waals surface area (Å²) >= 11 is 1.13. The summed E-state index contributed by atoms with van der Waals surface area (Å²) in [5, 5.41) is 9.05. The predicted molar refractivity (Wildman–Crippen MR) is 111 cm³/mol. The predicted octanol–water partition coefficient (Wildman–Crippen LogP) is 4.46. The van der Waals surface area contributed by atoms with E-state index in [1.165, 1.54) is 36.1 Å². The van der Waals surface area contributed by atoms with Gasteiger partial charge in [0.1, 0.15) is 21.6 Å². The van der Waals surface area contributed by atoms with Crippen LogP contribution in [0.1, 0.15) is 29.1 Å². The van der Waals surface area contributed by atoms with Crippen molar-refractivity contribution in [3.05, 3.63) is 64.4 Å². The Balaban J connectivity index is 1.90. The zero-order valence-corrected chi connectivity index (χ0v) is 18.0. The molecule has 0 saturated carbocycles. The van der Waals surface area contributed by atoms with Crippen LogP contribution in [-0.2, 0) is 17.8 Å². The Morgan fingerprint density at radius 3 is 2.59 bits per heavy atom. The van der Waals surface area contributed by atoms with Crippen LogP contribution in [0.15, 0.2) is 42.5 Å². The van der Waals surface area contributed by atoms with Gasteiger partial charge in [-0.2, -0.15) is 0 Å². The van der Waals surface area contributed by atoms with E-state index in [9.17, 15) is 22.4 Å². The fourth-order valence-corrected chi connectivity index (χ4v) is 4.01. The van der Waals surface area contributed by atoms with E-state index >= 15 is 0 Å². The second kappa shape index (κ2) is 9.61. The summed E-state index contributed by atoms with van der Waals surface area (Å²) in [6, 6.07) is 9.53. The zero-order chi connectivity index (χ0) is 23.5. The SMILES string of the molecule is CC(=O)N(C)C(Cc1ccc(CN)c(F)c1)c1nnc(-c2cccc(OC(F)(F)F)c2)s1. The molecule has 2 aromatic carbocycles. The van der Waals surface area contributed by atoms with Crippen LogP contribution in [0.3, 0.4) is 0 Å². The van der Waals surface area contributed by atoms with Crippen molar-refractivity contribution in [2.45, 2.75) is 32.3 Å². The van der Waals surface area contributed by atoms with Gasteiger partial charge < -0.3 is 15.4 Å². The third kappa shape index (κ3) is 5.80. The number of ether oxygens (including phenoxy) is 1. The molecule has 11 heteroatoms. The largest absolute Gasteiger partial charge is 0.573 e. The van der Waals surface area contributed by atoms with E-state index in [4.69, 9.17) is 5.73 Å². The lowest BCUT2D eigenvalue weighted by atomic mass is 10.0. The lowest BCUT2D eigenvalue weighted by molar-refractivity contribution is -0.274. The third-order valence-electron chi connectivity index (χ3n) is 4.77. The maximum atomic E-state index is 14.2. The first-order valence-electron chi connectivity index (χ1n) is 9.47. The van der Waals surface area contributed by atoms with Crippen molar-refractivity contribution in [2.75, 3.05) is 7.05 Å². The molecule has 1 unspecified atom stereocenters. The van der Waals surface area contributed by atoms with Gasteiger partial charge in [0, 0.05) is 31.6 Å². The molecule has 6 nitrogen and oxygen atoms in total. The van der Waals surface area contributed by atoms with Gasteiger partial charge in [-0.3, -0.25) is 4.79 Å². The van der Waals surface area contributed by atoms with Crippen molar-refractivity contribution in [1.29, 1.82) is 0 Å². The number of aromatic nitrogens is 2. The highest BCUT2D eigenvalue weighted by Crippen LogP contribution is 2.34. The summed E-state index contributed by atoms with van der Waals surface area (Å²) in [5.41, 5.74) is 6.90. The number of nitrogens with zero attached hydrogens (tertiary/aromatic N) is 3. The molecule has 0 aliphatic heterocycles. The minimum Gasteiger partial charge on any atom is -0.406 e. The molecule has 0 spiro atoms. The van der Waals surface area contributed by atoms with Gasteiger partial charge in [0.2, 0.25) is 5.91 Å². The van der Waals surface area contributed by atoms with Crippen molar-refractivity contribution in [1.82, 2.24) is 15.1 Å². The highest BCUT2D eigenvalue weighted by Gasteiger charge is 2.31. The molecule has 0 aliphatic rings. The van der Waals surface area contributed by atoms with Crippen LogP contribution >= 0.6 is 11.3 Å². The van der Waals surface area contributed by atoms with Gasteiger partial charge in [-0.05, 0) is 30.2 Å². The minimum atomic E-state index is -4.81. The monoisotopic (exact) mass is 468 g/mol. The van der Waals surface area contributed by atoms with Crippen LogP contribution in [0.25, 0.3) is 10.6 Å². The maximum absolute atomic E-state index is 14.2. The molecule has 1 amide bonds. The van der Waals surface area contributed by atoms with Gasteiger partial charge in [-0.25, -0.2) is 4.39 Å². The summed E-state index contributed by atoms with van der Waals surface area (Å²) in [5.74, 6) is -1.04. The molecule has 170 valence electrons. The lowest BCUT2D eigenvalue weighted by Crippen LogP contribution is -2.30. The number of nitrogens with two attached hydrogens (primary N) is 1. The van der Waals surface area contributed by atoms with E-state index < -0.39 is 18.2 Å². The maximum Gasteiger partial charge on any atom is 0.573 e. The molecule has 1 aromatic heterocycles. The van der Waals surface area contributed by atoms with E-state index in [0.29, 0.717) is 26.7 Å². The Morgan fingerprint density at radius 2 is 1.97 bits per heavy atom.